The summed E-state index contributed by atoms with van der Waals surface area (Å²) in [5, 5.41) is 1.16. The van der Waals surface area contributed by atoms with Crippen molar-refractivity contribution in [2.75, 3.05) is 10.7 Å². The lowest BCUT2D eigenvalue weighted by Crippen LogP contribution is -2.41. The van der Waals surface area contributed by atoms with Gasteiger partial charge in [-0.05, 0) is 53.2 Å². The van der Waals surface area contributed by atoms with Gasteiger partial charge in [-0.3, -0.25) is 9.69 Å². The number of sulfone groups is 1. The minimum atomic E-state index is -3.28. The van der Waals surface area contributed by atoms with Gasteiger partial charge >= 0.3 is 0 Å². The minimum Gasteiger partial charge on any atom is -0.444 e. The Hall–Kier alpha value is -1.86. The first-order chi connectivity index (χ1) is 10.9. The van der Waals surface area contributed by atoms with Crippen molar-refractivity contribution in [2.45, 2.75) is 13.0 Å². The Morgan fingerprint density at radius 1 is 1.22 bits per heavy atom. The average Bonchev–Trinajstić information content (AvgIpc) is 3.07. The van der Waals surface area contributed by atoms with Crippen LogP contribution in [0.1, 0.15) is 16.1 Å². The van der Waals surface area contributed by atoms with E-state index in [4.69, 9.17) is 4.42 Å². The van der Waals surface area contributed by atoms with E-state index >= 15 is 0 Å². The monoisotopic (exact) mass is 395 g/mol. The summed E-state index contributed by atoms with van der Waals surface area (Å²) in [6.07, 6.45) is 1.53. The zero-order valence-corrected chi connectivity index (χ0v) is 14.7. The van der Waals surface area contributed by atoms with Crippen LogP contribution in [0.3, 0.4) is 0 Å². The summed E-state index contributed by atoms with van der Waals surface area (Å²) < 4.78 is 29.3. The van der Waals surface area contributed by atoms with Gasteiger partial charge in [-0.2, -0.15) is 0 Å². The molecule has 1 aromatic heterocycles. The van der Waals surface area contributed by atoms with Crippen LogP contribution in [0, 0.1) is 6.92 Å². The van der Waals surface area contributed by atoms with Crippen LogP contribution >= 0.6 is 15.9 Å². The van der Waals surface area contributed by atoms with Gasteiger partial charge in [-0.1, -0.05) is 17.7 Å². The van der Waals surface area contributed by atoms with E-state index in [2.05, 4.69) is 15.9 Å². The fraction of sp³-hybridized carbons (Fsp3) is 0.188. The number of amides is 1. The van der Waals surface area contributed by atoms with Gasteiger partial charge in [0.2, 0.25) is 0 Å². The van der Waals surface area contributed by atoms with Gasteiger partial charge in [0.1, 0.15) is 0 Å². The molecule has 120 valence electrons. The molecular weight excluding hydrogens is 382 g/mol. The quantitative estimate of drug-likeness (QED) is 0.799. The van der Waals surface area contributed by atoms with Gasteiger partial charge in [0, 0.05) is 11.1 Å². The number of benzene rings is 1. The molecule has 1 atom stereocenters. The Morgan fingerprint density at radius 3 is 2.43 bits per heavy atom. The SMILES string of the molecule is Cc1ccc(N(C(=O)c2ccc(Br)o2)[C@H]2C=CS(=O)(=O)C2)cc1. The van der Waals surface area contributed by atoms with Crippen molar-refractivity contribution in [3.63, 3.8) is 0 Å². The molecule has 0 fully saturated rings. The van der Waals surface area contributed by atoms with E-state index < -0.39 is 15.9 Å². The summed E-state index contributed by atoms with van der Waals surface area (Å²) in [5.74, 6) is -0.365. The first kappa shape index (κ1) is 16.0. The minimum absolute atomic E-state index is 0.130. The van der Waals surface area contributed by atoms with Crippen molar-refractivity contribution >= 4 is 37.4 Å². The summed E-state index contributed by atoms with van der Waals surface area (Å²) in [4.78, 5) is 14.3. The zero-order chi connectivity index (χ0) is 16.6. The number of aryl methyl sites for hydroxylation is 1. The van der Waals surface area contributed by atoms with Gasteiger partial charge in [-0.15, -0.1) is 0 Å². The molecule has 1 aromatic carbocycles. The Balaban J connectivity index is 2.01. The molecule has 2 aromatic rings. The highest BCUT2D eigenvalue weighted by molar-refractivity contribution is 9.10. The number of anilines is 1. The molecule has 2 heterocycles. The second-order valence-electron chi connectivity index (χ2n) is 5.34. The van der Waals surface area contributed by atoms with Gasteiger partial charge in [-0.25, -0.2) is 8.42 Å². The fourth-order valence-corrected chi connectivity index (χ4v) is 4.01. The van der Waals surface area contributed by atoms with E-state index in [1.165, 1.54) is 11.0 Å². The van der Waals surface area contributed by atoms with Crippen molar-refractivity contribution in [3.8, 4) is 0 Å². The van der Waals surface area contributed by atoms with Crippen LogP contribution in [0.5, 0.6) is 0 Å². The van der Waals surface area contributed by atoms with Crippen LogP contribution in [0.2, 0.25) is 0 Å². The molecule has 0 unspecified atom stereocenters. The van der Waals surface area contributed by atoms with Crippen LogP contribution < -0.4 is 4.90 Å². The molecule has 0 radical (unpaired) electrons. The molecular formula is C16H14BrNO4S. The number of halogens is 1. The molecule has 0 bridgehead atoms. The molecule has 0 spiro atoms. The number of furan rings is 1. The third-order valence-corrected chi connectivity index (χ3v) is 5.36. The van der Waals surface area contributed by atoms with Crippen LogP contribution in [-0.4, -0.2) is 26.1 Å². The Labute approximate surface area is 142 Å². The number of hydrogen-bond acceptors (Lipinski definition) is 4. The fourth-order valence-electron chi connectivity index (χ4n) is 2.43. The standard InChI is InChI=1S/C16H14BrNO4S/c1-11-2-4-12(5-3-11)18(13-8-9-23(20,21)10-13)16(19)14-6-7-15(17)22-14/h2-9,13H,10H2,1H3/t13-/m0/s1. The van der Waals surface area contributed by atoms with Crippen LogP contribution in [0.15, 0.2) is 57.0 Å². The van der Waals surface area contributed by atoms with Crippen LogP contribution in [0.4, 0.5) is 5.69 Å². The Morgan fingerprint density at radius 2 is 1.91 bits per heavy atom. The number of hydrogen-bond donors (Lipinski definition) is 0. The molecule has 1 aliphatic heterocycles. The predicted octanol–water partition coefficient (Wildman–Crippen LogP) is 3.31. The summed E-state index contributed by atoms with van der Waals surface area (Å²) >= 11 is 3.17. The highest BCUT2D eigenvalue weighted by Crippen LogP contribution is 2.26. The van der Waals surface area contributed by atoms with Crippen LogP contribution in [0.25, 0.3) is 0 Å². The van der Waals surface area contributed by atoms with Crippen LogP contribution in [-0.2, 0) is 9.84 Å². The van der Waals surface area contributed by atoms with Crippen molar-refractivity contribution in [2.24, 2.45) is 0 Å². The predicted molar refractivity (Wildman–Crippen MR) is 91.1 cm³/mol. The van der Waals surface area contributed by atoms with E-state index in [9.17, 15) is 13.2 Å². The molecule has 1 amide bonds. The first-order valence-electron chi connectivity index (χ1n) is 6.92. The molecule has 1 aliphatic rings. The van der Waals surface area contributed by atoms with Gasteiger partial charge in [0.05, 0.1) is 11.8 Å². The number of nitrogens with zero attached hydrogens (tertiary/aromatic N) is 1. The number of carbonyl (C=O) groups excluding carboxylic acids is 1. The summed E-state index contributed by atoms with van der Waals surface area (Å²) in [7, 11) is -3.28. The number of rotatable bonds is 3. The highest BCUT2D eigenvalue weighted by Gasteiger charge is 2.33. The van der Waals surface area contributed by atoms with Crippen molar-refractivity contribution in [1.82, 2.24) is 0 Å². The second-order valence-corrected chi connectivity index (χ2v) is 8.05. The van der Waals surface area contributed by atoms with E-state index in [0.29, 0.717) is 10.4 Å². The van der Waals surface area contributed by atoms with E-state index in [1.807, 2.05) is 19.1 Å². The maximum atomic E-state index is 12.8. The summed E-state index contributed by atoms with van der Waals surface area (Å²) in [5.41, 5.74) is 1.68. The molecule has 5 nitrogen and oxygen atoms in total. The molecule has 23 heavy (non-hydrogen) atoms. The molecule has 3 rings (SSSR count). The lowest BCUT2D eigenvalue weighted by atomic mass is 10.1. The molecule has 0 saturated carbocycles. The van der Waals surface area contributed by atoms with Gasteiger partial charge < -0.3 is 4.42 Å². The highest BCUT2D eigenvalue weighted by atomic mass is 79.9. The van der Waals surface area contributed by atoms with E-state index in [1.54, 1.807) is 24.3 Å². The van der Waals surface area contributed by atoms with E-state index in [0.717, 1.165) is 11.0 Å². The third-order valence-electron chi connectivity index (χ3n) is 3.56. The summed E-state index contributed by atoms with van der Waals surface area (Å²) in [6.45, 7) is 1.94. The largest absolute Gasteiger partial charge is 0.444 e. The normalized spacial score (nSPS) is 19.0. The van der Waals surface area contributed by atoms with Gasteiger partial charge in [0.15, 0.2) is 20.3 Å². The smallest absolute Gasteiger partial charge is 0.294 e. The third kappa shape index (κ3) is 3.40. The van der Waals surface area contributed by atoms with Crippen molar-refractivity contribution in [3.05, 3.63) is 63.9 Å². The molecule has 0 aliphatic carbocycles. The lowest BCUT2D eigenvalue weighted by Gasteiger charge is -2.26. The molecule has 0 saturated heterocycles. The van der Waals surface area contributed by atoms with E-state index in [-0.39, 0.29) is 17.4 Å². The topological polar surface area (TPSA) is 67.6 Å². The second kappa shape index (κ2) is 5.98. The zero-order valence-electron chi connectivity index (χ0n) is 12.3. The van der Waals surface area contributed by atoms with Crippen molar-refractivity contribution < 1.29 is 17.6 Å². The average molecular weight is 396 g/mol. The molecule has 7 heteroatoms. The van der Waals surface area contributed by atoms with Gasteiger partial charge in [0.25, 0.3) is 5.91 Å². The lowest BCUT2D eigenvalue weighted by molar-refractivity contribution is 0.0955. The Bertz CT molecular complexity index is 868. The number of carbonyl (C=O) groups is 1. The summed E-state index contributed by atoms with van der Waals surface area (Å²) in [6, 6.07) is 9.97. The molecule has 0 N–H and O–H groups in total. The Kier molecular flexibility index (Phi) is 4.16. The maximum Gasteiger partial charge on any atom is 0.294 e. The first-order valence-corrected chi connectivity index (χ1v) is 9.43. The van der Waals surface area contributed by atoms with Crippen molar-refractivity contribution in [1.29, 1.82) is 0 Å². The maximum absolute atomic E-state index is 12.8.